The molecule has 0 N–H and O–H groups in total. The molecule has 0 heterocycles. The Morgan fingerprint density at radius 2 is 1.03 bits per heavy atom. The van der Waals surface area contributed by atoms with Gasteiger partial charge in [-0.2, -0.15) is 0 Å². The van der Waals surface area contributed by atoms with Crippen molar-refractivity contribution in [1.29, 1.82) is 0 Å². The van der Waals surface area contributed by atoms with E-state index in [9.17, 15) is 9.13 Å². The molecular formula is C55H59O2P3. The predicted molar refractivity (Wildman–Crippen MR) is 272 cm³/mol. The minimum Gasteiger partial charge on any atom is -0.315 e. The average molecular weight is 845 g/mol. The number of hydrogen-bond acceptors (Lipinski definition) is 2. The first kappa shape index (κ1) is 47.3. The fourth-order valence-corrected chi connectivity index (χ4v) is 12.7. The van der Waals surface area contributed by atoms with Crippen LogP contribution in [0.25, 0.3) is 21.5 Å². The molecule has 306 valence electrons. The summed E-state index contributed by atoms with van der Waals surface area (Å²) in [6, 6.07) is 59.8. The summed E-state index contributed by atoms with van der Waals surface area (Å²) >= 11 is 0. The molecule has 7 aromatic rings. The van der Waals surface area contributed by atoms with Gasteiger partial charge in [0.05, 0.1) is 0 Å². The van der Waals surface area contributed by atoms with E-state index in [4.69, 9.17) is 0 Å². The standard InChI is InChI=1S/C28H30OP2.C22H17OP.C3H6.C2H6/c1-4-6-21-31(3,29)22-12-18-26(13-5-2)30(27-16-8-7-9-17-27)28-20-19-24-14-10-11-15-25(24)23-28;23-24(20-11-3-1-4-12-20,21-13-5-2-6-14-21)22-16-15-18-9-7-8-10-19(18)17-22;1-3-2;1-2/h5-23H,4H2,1-3H3;1-17H;3H,1H2,2H3;1-2H3/b13-5-,21-6+,22-12+,26-18+;;;. The Balaban J connectivity index is 0.000000244. The highest BCUT2D eigenvalue weighted by Gasteiger charge is 2.29. The molecule has 7 rings (SSSR count). The third-order valence-electron chi connectivity index (χ3n) is 9.22. The van der Waals surface area contributed by atoms with Crippen molar-refractivity contribution in [2.24, 2.45) is 0 Å². The molecule has 0 saturated heterocycles. The van der Waals surface area contributed by atoms with Gasteiger partial charge in [-0.15, -0.1) is 6.58 Å². The maximum Gasteiger partial charge on any atom is 0.171 e. The van der Waals surface area contributed by atoms with Gasteiger partial charge in [-0.05, 0) is 96.1 Å². The van der Waals surface area contributed by atoms with E-state index in [2.05, 4.69) is 129 Å². The van der Waals surface area contributed by atoms with Crippen molar-refractivity contribution in [3.63, 3.8) is 0 Å². The van der Waals surface area contributed by atoms with Crippen LogP contribution in [0.1, 0.15) is 41.0 Å². The second kappa shape index (κ2) is 24.7. The molecule has 0 bridgehead atoms. The van der Waals surface area contributed by atoms with Gasteiger partial charge in [0.2, 0.25) is 0 Å². The quantitative estimate of drug-likeness (QED) is 0.0738. The third kappa shape index (κ3) is 13.1. The molecule has 0 saturated carbocycles. The van der Waals surface area contributed by atoms with Gasteiger partial charge in [0.25, 0.3) is 0 Å². The van der Waals surface area contributed by atoms with Gasteiger partial charge >= 0.3 is 0 Å². The van der Waals surface area contributed by atoms with Crippen molar-refractivity contribution in [1.82, 2.24) is 0 Å². The molecule has 5 heteroatoms. The normalized spacial score (nSPS) is 13.1. The molecule has 0 spiro atoms. The van der Waals surface area contributed by atoms with E-state index in [0.717, 1.165) is 33.1 Å². The summed E-state index contributed by atoms with van der Waals surface area (Å²) in [5.74, 6) is 3.69. The third-order valence-corrected chi connectivity index (χ3v) is 16.3. The number of hydrogen-bond donors (Lipinski definition) is 0. The highest BCUT2D eigenvalue weighted by Crippen LogP contribution is 2.47. The molecule has 0 radical (unpaired) electrons. The van der Waals surface area contributed by atoms with E-state index in [0.29, 0.717) is 0 Å². The van der Waals surface area contributed by atoms with Crippen LogP contribution in [-0.4, -0.2) is 6.66 Å². The Morgan fingerprint density at radius 3 is 1.55 bits per heavy atom. The van der Waals surface area contributed by atoms with Crippen LogP contribution in [0.3, 0.4) is 0 Å². The summed E-state index contributed by atoms with van der Waals surface area (Å²) in [6.07, 6.45) is 13.0. The van der Waals surface area contributed by atoms with Crippen LogP contribution >= 0.6 is 22.2 Å². The van der Waals surface area contributed by atoms with E-state index in [-0.39, 0.29) is 0 Å². The Hall–Kier alpha value is -5.35. The first-order chi connectivity index (χ1) is 29.2. The fraction of sp³-hybridized carbons (Fsp3) is 0.127. The van der Waals surface area contributed by atoms with E-state index < -0.39 is 22.2 Å². The van der Waals surface area contributed by atoms with Crippen molar-refractivity contribution in [3.05, 3.63) is 236 Å². The Bertz CT molecular complexity index is 2560. The number of allylic oxidation sites excluding steroid dienone is 7. The van der Waals surface area contributed by atoms with Gasteiger partial charge in [0.1, 0.15) is 7.14 Å². The molecule has 0 amide bonds. The molecule has 60 heavy (non-hydrogen) atoms. The van der Waals surface area contributed by atoms with Crippen molar-refractivity contribution < 1.29 is 9.13 Å². The number of fused-ring (bicyclic) bond motifs is 2. The van der Waals surface area contributed by atoms with E-state index in [1.165, 1.54) is 26.7 Å². The van der Waals surface area contributed by atoms with Gasteiger partial charge in [0.15, 0.2) is 7.14 Å². The van der Waals surface area contributed by atoms with Crippen LogP contribution in [0.4, 0.5) is 0 Å². The smallest absolute Gasteiger partial charge is 0.171 e. The molecule has 0 fully saturated rings. The molecule has 2 unspecified atom stereocenters. The van der Waals surface area contributed by atoms with Gasteiger partial charge < -0.3 is 9.13 Å². The predicted octanol–water partition coefficient (Wildman–Crippen LogP) is 14.9. The minimum absolute atomic E-state index is 0.736. The summed E-state index contributed by atoms with van der Waals surface area (Å²) in [5, 5.41) is 11.2. The summed E-state index contributed by atoms with van der Waals surface area (Å²) in [5.41, 5.74) is 0. The molecule has 0 aliphatic rings. The summed E-state index contributed by atoms with van der Waals surface area (Å²) in [7, 11) is -6.03. The highest BCUT2D eigenvalue weighted by molar-refractivity contribution is 7.85. The van der Waals surface area contributed by atoms with Crippen molar-refractivity contribution in [3.8, 4) is 0 Å². The largest absolute Gasteiger partial charge is 0.315 e. The van der Waals surface area contributed by atoms with E-state index >= 15 is 0 Å². The van der Waals surface area contributed by atoms with Gasteiger partial charge in [-0.3, -0.25) is 0 Å². The van der Waals surface area contributed by atoms with Crippen LogP contribution < -0.4 is 26.5 Å². The van der Waals surface area contributed by atoms with Gasteiger partial charge in [-0.25, -0.2) is 0 Å². The Morgan fingerprint density at radius 1 is 0.567 bits per heavy atom. The van der Waals surface area contributed by atoms with E-state index in [1.54, 1.807) is 6.08 Å². The second-order valence-electron chi connectivity index (χ2n) is 13.7. The highest BCUT2D eigenvalue weighted by atomic mass is 31.2. The van der Waals surface area contributed by atoms with Crippen molar-refractivity contribution >= 4 is 70.3 Å². The zero-order chi connectivity index (χ0) is 43.2. The van der Waals surface area contributed by atoms with Crippen LogP contribution in [0.15, 0.2) is 236 Å². The van der Waals surface area contributed by atoms with Gasteiger partial charge in [0, 0.05) is 15.9 Å². The number of benzene rings is 7. The summed E-state index contributed by atoms with van der Waals surface area (Å²) in [6.45, 7) is 15.2. The zero-order valence-corrected chi connectivity index (χ0v) is 38.6. The molecule has 0 aromatic heterocycles. The maximum absolute atomic E-state index is 14.3. The first-order valence-corrected chi connectivity index (χ1v) is 26.0. The Kier molecular flexibility index (Phi) is 19.5. The molecule has 0 aliphatic heterocycles. The lowest BCUT2D eigenvalue weighted by atomic mass is 10.1. The summed E-state index contributed by atoms with van der Waals surface area (Å²) < 4.78 is 27.0. The monoisotopic (exact) mass is 844 g/mol. The van der Waals surface area contributed by atoms with Crippen LogP contribution in [0.5, 0.6) is 0 Å². The maximum atomic E-state index is 14.3. The molecule has 7 aromatic carbocycles. The van der Waals surface area contributed by atoms with Crippen LogP contribution in [0.2, 0.25) is 0 Å². The lowest BCUT2D eigenvalue weighted by Gasteiger charge is -2.20. The van der Waals surface area contributed by atoms with Crippen LogP contribution in [-0.2, 0) is 9.13 Å². The Labute approximate surface area is 361 Å². The average Bonchev–Trinajstić information content (AvgIpc) is 3.30. The van der Waals surface area contributed by atoms with Gasteiger partial charge in [-0.1, -0.05) is 221 Å². The lowest BCUT2D eigenvalue weighted by Crippen LogP contribution is -2.24. The molecule has 2 atom stereocenters. The topological polar surface area (TPSA) is 34.1 Å². The SMILES string of the molecule is C=CC.CC.C\C=C/C(=C\C=C\P(C)(=O)/C=C/CC)P(c1ccccc1)c1ccc2ccccc2c1.O=P(c1ccccc1)(c1ccccc1)c1ccc2ccccc2c1. The zero-order valence-electron chi connectivity index (χ0n) is 35.9. The fourth-order valence-electron chi connectivity index (χ4n) is 6.49. The van der Waals surface area contributed by atoms with Crippen LogP contribution in [0, 0.1) is 0 Å². The lowest BCUT2D eigenvalue weighted by molar-refractivity contribution is 0.589. The number of rotatable bonds is 11. The summed E-state index contributed by atoms with van der Waals surface area (Å²) in [4.78, 5) is 0. The molecule has 2 nitrogen and oxygen atoms in total. The van der Waals surface area contributed by atoms with E-state index in [1.807, 2.05) is 137 Å². The second-order valence-corrected chi connectivity index (χ2v) is 21.4. The van der Waals surface area contributed by atoms with Crippen molar-refractivity contribution in [2.45, 2.75) is 41.0 Å². The van der Waals surface area contributed by atoms with Crippen molar-refractivity contribution in [2.75, 3.05) is 6.66 Å². The molecule has 0 aliphatic carbocycles. The minimum atomic E-state index is -2.88. The first-order valence-electron chi connectivity index (χ1n) is 20.6. The molecular weight excluding hydrogens is 786 g/mol.